The van der Waals surface area contributed by atoms with Crippen LogP contribution in [0.4, 0.5) is 5.13 Å². The van der Waals surface area contributed by atoms with E-state index in [0.717, 1.165) is 15.1 Å². The molecule has 0 fully saturated rings. The zero-order valence-corrected chi connectivity index (χ0v) is 15.4. The summed E-state index contributed by atoms with van der Waals surface area (Å²) in [5.41, 5.74) is 0.911. The quantitative estimate of drug-likeness (QED) is 0.601. The summed E-state index contributed by atoms with van der Waals surface area (Å²) in [6.45, 7) is 0. The number of aromatic nitrogens is 1. The highest BCUT2D eigenvalue weighted by atomic mass is 35.5. The lowest BCUT2D eigenvalue weighted by Crippen LogP contribution is -2.13. The maximum Gasteiger partial charge on any atom is 0.236 e. The van der Waals surface area contributed by atoms with Crippen molar-refractivity contribution in [2.45, 2.75) is 9.79 Å². The summed E-state index contributed by atoms with van der Waals surface area (Å²) in [5.74, 6) is 0.280. The number of nitrogens with zero attached hydrogens (tertiary/aromatic N) is 1. The SMILES string of the molecule is CSc1ccc2nc(NC(=O)CSc3ccc(Cl)cc3)sc2c1. The molecule has 0 radical (unpaired) electrons. The lowest BCUT2D eigenvalue weighted by molar-refractivity contribution is -0.113. The van der Waals surface area contributed by atoms with Gasteiger partial charge in [-0.3, -0.25) is 4.79 Å². The zero-order chi connectivity index (χ0) is 16.2. The molecule has 23 heavy (non-hydrogen) atoms. The molecule has 0 atom stereocenters. The van der Waals surface area contributed by atoms with Gasteiger partial charge in [0.1, 0.15) is 0 Å². The Hall–Kier alpha value is -1.21. The molecule has 118 valence electrons. The topological polar surface area (TPSA) is 42.0 Å². The Balaban J connectivity index is 1.62. The smallest absolute Gasteiger partial charge is 0.236 e. The molecule has 0 aliphatic carbocycles. The van der Waals surface area contributed by atoms with Crippen LogP contribution < -0.4 is 5.32 Å². The van der Waals surface area contributed by atoms with Gasteiger partial charge >= 0.3 is 0 Å². The Morgan fingerprint density at radius 2 is 1.96 bits per heavy atom. The number of amides is 1. The van der Waals surface area contributed by atoms with E-state index in [0.29, 0.717) is 15.9 Å². The van der Waals surface area contributed by atoms with Gasteiger partial charge in [0.05, 0.1) is 16.0 Å². The minimum atomic E-state index is -0.0610. The Morgan fingerprint density at radius 1 is 1.22 bits per heavy atom. The van der Waals surface area contributed by atoms with Crippen LogP contribution in [0.15, 0.2) is 52.3 Å². The van der Waals surface area contributed by atoms with Crippen molar-refractivity contribution in [3.05, 3.63) is 47.5 Å². The van der Waals surface area contributed by atoms with Crippen molar-refractivity contribution < 1.29 is 4.79 Å². The van der Waals surface area contributed by atoms with Crippen molar-refractivity contribution in [3.63, 3.8) is 0 Å². The number of thioether (sulfide) groups is 2. The van der Waals surface area contributed by atoms with Crippen molar-refractivity contribution in [2.75, 3.05) is 17.3 Å². The van der Waals surface area contributed by atoms with E-state index in [2.05, 4.69) is 16.4 Å². The van der Waals surface area contributed by atoms with Crippen molar-refractivity contribution in [2.24, 2.45) is 0 Å². The fourth-order valence-corrected chi connectivity index (χ4v) is 4.18. The van der Waals surface area contributed by atoms with Crippen LogP contribution in [0.2, 0.25) is 5.02 Å². The molecule has 1 amide bonds. The zero-order valence-electron chi connectivity index (χ0n) is 12.2. The number of rotatable bonds is 5. The highest BCUT2D eigenvalue weighted by Crippen LogP contribution is 2.29. The molecule has 0 unspecified atom stereocenters. The minimum absolute atomic E-state index is 0.0610. The third-order valence-electron chi connectivity index (χ3n) is 3.03. The van der Waals surface area contributed by atoms with E-state index in [4.69, 9.17) is 11.6 Å². The fourth-order valence-electron chi connectivity index (χ4n) is 1.92. The first kappa shape index (κ1) is 16.6. The number of anilines is 1. The average Bonchev–Trinajstić information content (AvgIpc) is 2.95. The molecule has 1 heterocycles. The van der Waals surface area contributed by atoms with Crippen LogP contribution in [0.1, 0.15) is 0 Å². The number of hydrogen-bond acceptors (Lipinski definition) is 5. The van der Waals surface area contributed by atoms with Crippen molar-refractivity contribution in [3.8, 4) is 0 Å². The van der Waals surface area contributed by atoms with E-state index in [9.17, 15) is 4.79 Å². The Morgan fingerprint density at radius 3 is 2.70 bits per heavy atom. The molecule has 0 aliphatic rings. The number of fused-ring (bicyclic) bond motifs is 1. The van der Waals surface area contributed by atoms with Crippen LogP contribution in [-0.2, 0) is 4.79 Å². The van der Waals surface area contributed by atoms with Gasteiger partial charge in [-0.25, -0.2) is 4.98 Å². The standard InChI is InChI=1S/C16H13ClN2OS3/c1-21-12-6-7-13-14(8-12)23-16(18-13)19-15(20)9-22-11-4-2-10(17)3-5-11/h2-8H,9H2,1H3,(H,18,19,20). The molecular formula is C16H13ClN2OS3. The predicted octanol–water partition coefficient (Wildman–Crippen LogP) is 5.40. The van der Waals surface area contributed by atoms with Crippen LogP contribution in [0.25, 0.3) is 10.2 Å². The first-order valence-electron chi connectivity index (χ1n) is 6.77. The minimum Gasteiger partial charge on any atom is -0.301 e. The summed E-state index contributed by atoms with van der Waals surface area (Å²) >= 11 is 10.5. The average molecular weight is 381 g/mol. The van der Waals surface area contributed by atoms with Gasteiger partial charge in [-0.05, 0) is 48.7 Å². The molecule has 0 aliphatic heterocycles. The summed E-state index contributed by atoms with van der Waals surface area (Å²) < 4.78 is 1.08. The van der Waals surface area contributed by atoms with Crippen molar-refractivity contribution >= 4 is 67.7 Å². The van der Waals surface area contributed by atoms with Gasteiger partial charge in [-0.2, -0.15) is 0 Å². The summed E-state index contributed by atoms with van der Waals surface area (Å²) in [7, 11) is 0. The molecule has 3 rings (SSSR count). The van der Waals surface area contributed by atoms with Gasteiger partial charge < -0.3 is 5.32 Å². The van der Waals surface area contributed by atoms with E-state index in [1.165, 1.54) is 28.0 Å². The van der Waals surface area contributed by atoms with Gasteiger partial charge in [-0.15, -0.1) is 23.5 Å². The number of hydrogen-bond donors (Lipinski definition) is 1. The van der Waals surface area contributed by atoms with E-state index in [-0.39, 0.29) is 5.91 Å². The molecule has 1 aromatic heterocycles. The summed E-state index contributed by atoms with van der Waals surface area (Å²) in [5, 5.41) is 4.20. The Bertz CT molecular complexity index is 833. The third kappa shape index (κ3) is 4.41. The van der Waals surface area contributed by atoms with Crippen molar-refractivity contribution in [1.82, 2.24) is 4.98 Å². The maximum atomic E-state index is 12.1. The van der Waals surface area contributed by atoms with Gasteiger partial charge in [0, 0.05) is 14.8 Å². The lowest BCUT2D eigenvalue weighted by Gasteiger charge is -2.02. The second-order valence-electron chi connectivity index (χ2n) is 4.64. The van der Waals surface area contributed by atoms with Gasteiger partial charge in [-0.1, -0.05) is 22.9 Å². The molecule has 1 N–H and O–H groups in total. The number of carbonyl (C=O) groups is 1. The molecule has 0 saturated heterocycles. The van der Waals surface area contributed by atoms with E-state index < -0.39 is 0 Å². The maximum absolute atomic E-state index is 12.1. The van der Waals surface area contributed by atoms with Gasteiger partial charge in [0.15, 0.2) is 5.13 Å². The monoisotopic (exact) mass is 380 g/mol. The second kappa shape index (κ2) is 7.57. The van der Waals surface area contributed by atoms with Crippen LogP contribution in [-0.4, -0.2) is 22.9 Å². The number of carbonyl (C=O) groups excluding carboxylic acids is 1. The molecule has 0 spiro atoms. The molecule has 0 bridgehead atoms. The van der Waals surface area contributed by atoms with E-state index in [1.54, 1.807) is 11.8 Å². The highest BCUT2D eigenvalue weighted by molar-refractivity contribution is 8.00. The first-order valence-corrected chi connectivity index (χ1v) is 10.2. The predicted molar refractivity (Wildman–Crippen MR) is 102 cm³/mol. The normalized spacial score (nSPS) is 10.9. The van der Waals surface area contributed by atoms with Crippen LogP contribution >= 0.6 is 46.5 Å². The molecule has 3 aromatic rings. The van der Waals surface area contributed by atoms with E-state index >= 15 is 0 Å². The number of halogens is 1. The molecule has 2 aromatic carbocycles. The molecular weight excluding hydrogens is 368 g/mol. The third-order valence-corrected chi connectivity index (χ3v) is 5.95. The second-order valence-corrected chi connectivity index (χ2v) is 8.04. The summed E-state index contributed by atoms with van der Waals surface area (Å²) in [4.78, 5) is 18.7. The fraction of sp³-hybridized carbons (Fsp3) is 0.125. The largest absolute Gasteiger partial charge is 0.301 e. The lowest BCUT2D eigenvalue weighted by atomic mass is 10.3. The number of benzene rings is 2. The van der Waals surface area contributed by atoms with Gasteiger partial charge in [0.25, 0.3) is 0 Å². The number of nitrogens with one attached hydrogen (secondary N) is 1. The molecule has 7 heteroatoms. The van der Waals surface area contributed by atoms with Crippen LogP contribution in [0, 0.1) is 0 Å². The summed E-state index contributed by atoms with van der Waals surface area (Å²) in [6, 6.07) is 13.6. The highest BCUT2D eigenvalue weighted by Gasteiger charge is 2.09. The molecule has 0 saturated carbocycles. The van der Waals surface area contributed by atoms with Crippen molar-refractivity contribution in [1.29, 1.82) is 0 Å². The molecule has 3 nitrogen and oxygen atoms in total. The Kier molecular flexibility index (Phi) is 5.48. The first-order chi connectivity index (χ1) is 11.1. The van der Waals surface area contributed by atoms with Gasteiger partial charge in [0.2, 0.25) is 5.91 Å². The van der Waals surface area contributed by atoms with Crippen LogP contribution in [0.3, 0.4) is 0 Å². The summed E-state index contributed by atoms with van der Waals surface area (Å²) in [6.07, 6.45) is 2.04. The number of thiazole rings is 1. The Labute approximate surface area is 151 Å². The van der Waals surface area contributed by atoms with Crippen LogP contribution in [0.5, 0.6) is 0 Å². The van der Waals surface area contributed by atoms with E-state index in [1.807, 2.05) is 42.7 Å².